The molecule has 1 amide bonds. The van der Waals surface area contributed by atoms with Crippen LogP contribution in [0, 0.1) is 11.6 Å². The van der Waals surface area contributed by atoms with E-state index in [1.165, 1.54) is 12.3 Å². The fraction of sp³-hybridized carbons (Fsp3) is 0.263. The Morgan fingerprint density at radius 2 is 2.14 bits per heavy atom. The molecule has 0 aliphatic carbocycles. The zero-order valence-electron chi connectivity index (χ0n) is 14.9. The molecule has 6 nitrogen and oxygen atoms in total. The van der Waals surface area contributed by atoms with Gasteiger partial charge in [-0.25, -0.2) is 8.78 Å². The first-order valence-corrected chi connectivity index (χ1v) is 9.46. The molecule has 3 aromatic rings. The number of hydrogen-bond donors (Lipinski definition) is 2. The van der Waals surface area contributed by atoms with Crippen molar-refractivity contribution in [3.63, 3.8) is 0 Å². The summed E-state index contributed by atoms with van der Waals surface area (Å²) in [6, 6.07) is 5.20. The Morgan fingerprint density at radius 3 is 2.86 bits per heavy atom. The molecular formula is C19H17BrF2N4O2. The van der Waals surface area contributed by atoms with Crippen LogP contribution in [0.15, 0.2) is 45.6 Å². The van der Waals surface area contributed by atoms with Gasteiger partial charge in [0.15, 0.2) is 17.4 Å². The second-order valence-electron chi connectivity index (χ2n) is 6.68. The minimum absolute atomic E-state index is 0.166. The third kappa shape index (κ3) is 3.47. The van der Waals surface area contributed by atoms with Gasteiger partial charge in [0.25, 0.3) is 5.91 Å². The molecule has 3 heterocycles. The standard InChI is InChI=1S/C19H17BrF2N4O2/c1-26-18(13(20)7-24-26)11-5-17(28-9-11)19(27)25-16-8-23-6-12(16)10-2-3-14(21)15(22)4-10/h2-5,7,9,12,16,23H,6,8H2,1H3,(H,25,27)/t12-,16+/m1/s1. The first kappa shape index (κ1) is 18.8. The molecule has 0 bridgehead atoms. The van der Waals surface area contributed by atoms with E-state index in [1.807, 2.05) is 0 Å². The molecule has 146 valence electrons. The molecule has 0 saturated carbocycles. The van der Waals surface area contributed by atoms with Gasteiger partial charge in [-0.1, -0.05) is 6.07 Å². The van der Waals surface area contributed by atoms with Crippen molar-refractivity contribution in [2.24, 2.45) is 7.05 Å². The minimum Gasteiger partial charge on any atom is -0.458 e. The minimum atomic E-state index is -0.896. The zero-order valence-corrected chi connectivity index (χ0v) is 16.5. The number of carbonyl (C=O) groups excluding carboxylic acids is 1. The molecule has 1 aliphatic heterocycles. The number of carbonyl (C=O) groups is 1. The average Bonchev–Trinajstić information content (AvgIpc) is 3.38. The molecule has 0 unspecified atom stereocenters. The first-order valence-electron chi connectivity index (χ1n) is 8.67. The van der Waals surface area contributed by atoms with E-state index in [0.717, 1.165) is 21.8 Å². The Hall–Kier alpha value is -2.52. The summed E-state index contributed by atoms with van der Waals surface area (Å²) in [4.78, 5) is 12.7. The van der Waals surface area contributed by atoms with Crippen molar-refractivity contribution in [2.75, 3.05) is 13.1 Å². The fourth-order valence-electron chi connectivity index (χ4n) is 3.48. The van der Waals surface area contributed by atoms with Crippen LogP contribution < -0.4 is 10.6 Å². The van der Waals surface area contributed by atoms with E-state index in [9.17, 15) is 13.6 Å². The maximum Gasteiger partial charge on any atom is 0.287 e. The number of amides is 1. The summed E-state index contributed by atoms with van der Waals surface area (Å²) in [5.74, 6) is -2.16. The molecule has 1 fully saturated rings. The molecule has 2 N–H and O–H groups in total. The molecule has 2 atom stereocenters. The lowest BCUT2D eigenvalue weighted by Crippen LogP contribution is -2.39. The molecule has 9 heteroatoms. The predicted molar refractivity (Wildman–Crippen MR) is 102 cm³/mol. The summed E-state index contributed by atoms with van der Waals surface area (Å²) < 4.78 is 34.7. The predicted octanol–water partition coefficient (Wildman–Crippen LogP) is 3.21. The molecule has 0 spiro atoms. The highest BCUT2D eigenvalue weighted by molar-refractivity contribution is 9.10. The number of rotatable bonds is 4. The van der Waals surface area contributed by atoms with E-state index in [1.54, 1.807) is 30.1 Å². The van der Waals surface area contributed by atoms with Gasteiger partial charge in [-0.2, -0.15) is 5.10 Å². The first-order chi connectivity index (χ1) is 13.4. The molecule has 1 aromatic carbocycles. The van der Waals surface area contributed by atoms with Gasteiger partial charge in [0.05, 0.1) is 16.4 Å². The number of benzene rings is 1. The number of aromatic nitrogens is 2. The number of nitrogens with one attached hydrogen (secondary N) is 2. The second-order valence-corrected chi connectivity index (χ2v) is 7.54. The molecule has 2 aromatic heterocycles. The van der Waals surface area contributed by atoms with Gasteiger partial charge in [-0.15, -0.1) is 0 Å². The van der Waals surface area contributed by atoms with E-state index in [-0.39, 0.29) is 23.6 Å². The smallest absolute Gasteiger partial charge is 0.287 e. The van der Waals surface area contributed by atoms with Crippen molar-refractivity contribution >= 4 is 21.8 Å². The van der Waals surface area contributed by atoms with E-state index >= 15 is 0 Å². The summed E-state index contributed by atoms with van der Waals surface area (Å²) in [6.45, 7) is 1.08. The van der Waals surface area contributed by atoms with Gasteiger partial charge in [0, 0.05) is 37.7 Å². The van der Waals surface area contributed by atoms with Gasteiger partial charge in [0.2, 0.25) is 0 Å². The van der Waals surface area contributed by atoms with Crippen LogP contribution in [0.1, 0.15) is 22.0 Å². The highest BCUT2D eigenvalue weighted by Gasteiger charge is 2.31. The number of nitrogens with zero attached hydrogens (tertiary/aromatic N) is 2. The van der Waals surface area contributed by atoms with Crippen LogP contribution in [0.4, 0.5) is 8.78 Å². The monoisotopic (exact) mass is 450 g/mol. The van der Waals surface area contributed by atoms with E-state index < -0.39 is 11.6 Å². The van der Waals surface area contributed by atoms with Crippen molar-refractivity contribution in [1.29, 1.82) is 0 Å². The zero-order chi connectivity index (χ0) is 19.8. The van der Waals surface area contributed by atoms with Crippen LogP contribution in [0.5, 0.6) is 0 Å². The number of furan rings is 1. The Bertz CT molecular complexity index is 1010. The van der Waals surface area contributed by atoms with E-state index in [2.05, 4.69) is 31.7 Å². The molecule has 4 rings (SSSR count). The van der Waals surface area contributed by atoms with E-state index in [0.29, 0.717) is 18.7 Å². The summed E-state index contributed by atoms with van der Waals surface area (Å²) in [5.41, 5.74) is 2.15. The highest BCUT2D eigenvalue weighted by atomic mass is 79.9. The molecule has 28 heavy (non-hydrogen) atoms. The van der Waals surface area contributed by atoms with E-state index in [4.69, 9.17) is 4.42 Å². The summed E-state index contributed by atoms with van der Waals surface area (Å²) >= 11 is 3.42. The van der Waals surface area contributed by atoms with Gasteiger partial charge >= 0.3 is 0 Å². The van der Waals surface area contributed by atoms with Crippen molar-refractivity contribution < 1.29 is 18.0 Å². The average molecular weight is 451 g/mol. The second kappa shape index (κ2) is 7.48. The van der Waals surface area contributed by atoms with Crippen LogP contribution in [0.25, 0.3) is 11.3 Å². The van der Waals surface area contributed by atoms with Gasteiger partial charge < -0.3 is 15.1 Å². The number of aryl methyl sites for hydroxylation is 1. The van der Waals surface area contributed by atoms with Crippen molar-refractivity contribution in [2.45, 2.75) is 12.0 Å². The largest absolute Gasteiger partial charge is 0.458 e. The van der Waals surface area contributed by atoms with Gasteiger partial charge in [-0.05, 0) is 39.7 Å². The normalized spacial score (nSPS) is 19.1. The van der Waals surface area contributed by atoms with Gasteiger partial charge in [0.1, 0.15) is 6.26 Å². The third-order valence-corrected chi connectivity index (χ3v) is 5.47. The molecule has 0 radical (unpaired) electrons. The third-order valence-electron chi connectivity index (χ3n) is 4.89. The van der Waals surface area contributed by atoms with Gasteiger partial charge in [-0.3, -0.25) is 9.48 Å². The maximum absolute atomic E-state index is 13.6. The van der Waals surface area contributed by atoms with Crippen molar-refractivity contribution in [3.05, 3.63) is 64.2 Å². The van der Waals surface area contributed by atoms with Crippen LogP contribution in [-0.2, 0) is 7.05 Å². The summed E-state index contributed by atoms with van der Waals surface area (Å²) in [5, 5.41) is 10.2. The summed E-state index contributed by atoms with van der Waals surface area (Å²) in [7, 11) is 1.80. The lowest BCUT2D eigenvalue weighted by atomic mass is 9.94. The molecular weight excluding hydrogens is 434 g/mol. The quantitative estimate of drug-likeness (QED) is 0.640. The topological polar surface area (TPSA) is 72.1 Å². The van der Waals surface area contributed by atoms with Crippen molar-refractivity contribution in [1.82, 2.24) is 20.4 Å². The number of halogens is 3. The van der Waals surface area contributed by atoms with Crippen LogP contribution in [0.2, 0.25) is 0 Å². The Labute approximate surface area is 168 Å². The van der Waals surface area contributed by atoms with Crippen molar-refractivity contribution in [3.8, 4) is 11.3 Å². The Morgan fingerprint density at radius 1 is 1.32 bits per heavy atom. The fourth-order valence-corrected chi connectivity index (χ4v) is 4.06. The van der Waals surface area contributed by atoms with Crippen LogP contribution in [-0.4, -0.2) is 34.8 Å². The molecule has 1 saturated heterocycles. The highest BCUT2D eigenvalue weighted by Crippen LogP contribution is 2.29. The lowest BCUT2D eigenvalue weighted by Gasteiger charge is -2.20. The summed E-state index contributed by atoms with van der Waals surface area (Å²) in [6.07, 6.45) is 3.16. The van der Waals surface area contributed by atoms with Crippen LogP contribution >= 0.6 is 15.9 Å². The Kier molecular flexibility index (Phi) is 5.03. The SMILES string of the molecule is Cn1ncc(Br)c1-c1coc(C(=O)N[C@H]2CNC[C@@H]2c2ccc(F)c(F)c2)c1. The van der Waals surface area contributed by atoms with Crippen LogP contribution in [0.3, 0.4) is 0 Å². The molecule has 1 aliphatic rings. The Balaban J connectivity index is 1.51. The number of hydrogen-bond acceptors (Lipinski definition) is 4. The maximum atomic E-state index is 13.6. The lowest BCUT2D eigenvalue weighted by molar-refractivity contribution is 0.0909.